The molecule has 0 amide bonds. The highest BCUT2D eigenvalue weighted by Gasteiger charge is 2.36. The van der Waals surface area contributed by atoms with Gasteiger partial charge in [-0.1, -0.05) is 0 Å². The molecule has 0 saturated heterocycles. The number of aromatic nitrogens is 3. The molecular weight excluding hydrogens is 348 g/mol. The maximum Gasteiger partial charge on any atom is 0.433 e. The number of carboxylic acid groups (broad SMARTS) is 1. The number of carboxylic acids is 1. The molecule has 25 heavy (non-hydrogen) atoms. The van der Waals surface area contributed by atoms with Crippen LogP contribution in [0.4, 0.5) is 23.2 Å². The van der Waals surface area contributed by atoms with Gasteiger partial charge in [-0.2, -0.15) is 18.3 Å². The average molecular weight is 354 g/mol. The molecule has 0 atom stereocenters. The topological polar surface area (TPSA) is 96.9 Å². The molecule has 3 aromatic rings. The zero-order valence-electron chi connectivity index (χ0n) is 12.0. The van der Waals surface area contributed by atoms with Crippen LogP contribution in [0, 0.1) is 10.7 Å². The van der Waals surface area contributed by atoms with E-state index in [-0.39, 0.29) is 16.9 Å². The Balaban J connectivity index is 2.26. The normalized spacial score (nSPS) is 11.7. The Kier molecular flexibility index (Phi) is 3.70. The van der Waals surface area contributed by atoms with Crippen LogP contribution in [0.15, 0.2) is 35.5 Å². The minimum atomic E-state index is -4.90. The Labute approximate surface area is 135 Å². The molecule has 0 unspecified atom stereocenters. The van der Waals surface area contributed by atoms with E-state index < -0.39 is 35.0 Å². The molecule has 2 aromatic heterocycles. The van der Waals surface area contributed by atoms with Crippen molar-refractivity contribution < 1.29 is 27.5 Å². The molecule has 0 fully saturated rings. The second-order valence-corrected chi connectivity index (χ2v) is 4.88. The zero-order chi connectivity index (χ0) is 18.4. The second kappa shape index (κ2) is 5.61. The lowest BCUT2D eigenvalue weighted by molar-refractivity contribution is -0.142. The molecule has 0 saturated carbocycles. The third-order valence-corrected chi connectivity index (χ3v) is 3.27. The first-order chi connectivity index (χ1) is 11.7. The van der Waals surface area contributed by atoms with Crippen LogP contribution in [0.1, 0.15) is 16.2 Å². The SMILES string of the molecule is O=Nc1ccc(-c2cc3nc(C(=O)O)cc(C(F)(F)F)n3n2)c(F)c1. The Morgan fingerprint density at radius 1 is 1.20 bits per heavy atom. The van der Waals surface area contributed by atoms with Crippen LogP contribution in [0.3, 0.4) is 0 Å². The number of alkyl halides is 3. The predicted octanol–water partition coefficient (Wildman–Crippen LogP) is 3.65. The molecule has 0 aliphatic rings. The first kappa shape index (κ1) is 16.5. The van der Waals surface area contributed by atoms with E-state index in [0.717, 1.165) is 24.3 Å². The standard InChI is InChI=1S/C14H6F4N4O3/c15-8-3-6(21-25)1-2-7(8)9-5-12-19-10(13(23)24)4-11(14(16,17)18)22(12)20-9/h1-5H,(H,23,24). The van der Waals surface area contributed by atoms with Gasteiger partial charge in [-0.3, -0.25) is 0 Å². The lowest BCUT2D eigenvalue weighted by Gasteiger charge is -2.09. The molecule has 0 bridgehead atoms. The number of rotatable bonds is 3. The van der Waals surface area contributed by atoms with E-state index in [1.165, 1.54) is 0 Å². The summed E-state index contributed by atoms with van der Waals surface area (Å²) in [7, 11) is 0. The summed E-state index contributed by atoms with van der Waals surface area (Å²) in [4.78, 5) is 24.9. The van der Waals surface area contributed by atoms with E-state index in [0.29, 0.717) is 10.6 Å². The second-order valence-electron chi connectivity index (χ2n) is 4.88. The van der Waals surface area contributed by atoms with Gasteiger partial charge >= 0.3 is 12.1 Å². The van der Waals surface area contributed by atoms with E-state index in [1.807, 2.05) is 0 Å². The number of nitroso groups, excluding NO2 is 1. The number of halogens is 4. The summed E-state index contributed by atoms with van der Waals surface area (Å²) in [6.45, 7) is 0. The maximum atomic E-state index is 14.0. The van der Waals surface area contributed by atoms with Gasteiger partial charge in [0.05, 0.1) is 5.69 Å². The molecule has 0 spiro atoms. The average Bonchev–Trinajstić information content (AvgIpc) is 2.95. The number of benzene rings is 1. The van der Waals surface area contributed by atoms with E-state index >= 15 is 0 Å². The number of hydrogen-bond acceptors (Lipinski definition) is 5. The highest BCUT2D eigenvalue weighted by Crippen LogP contribution is 2.32. The first-order valence-corrected chi connectivity index (χ1v) is 6.55. The van der Waals surface area contributed by atoms with E-state index in [4.69, 9.17) is 5.11 Å². The highest BCUT2D eigenvalue weighted by atomic mass is 19.4. The van der Waals surface area contributed by atoms with E-state index in [1.54, 1.807) is 0 Å². The van der Waals surface area contributed by atoms with Crippen molar-refractivity contribution in [1.29, 1.82) is 0 Å². The fourth-order valence-electron chi connectivity index (χ4n) is 2.19. The van der Waals surface area contributed by atoms with Crippen LogP contribution in [0.25, 0.3) is 16.9 Å². The summed E-state index contributed by atoms with van der Waals surface area (Å²) >= 11 is 0. The molecule has 128 valence electrons. The Morgan fingerprint density at radius 3 is 2.48 bits per heavy atom. The fraction of sp³-hybridized carbons (Fsp3) is 0.0714. The monoisotopic (exact) mass is 354 g/mol. The van der Waals surface area contributed by atoms with Gasteiger partial charge in [0.25, 0.3) is 0 Å². The molecular formula is C14H6F4N4O3. The number of hydrogen-bond donors (Lipinski definition) is 1. The van der Waals surface area contributed by atoms with Gasteiger partial charge in [-0.05, 0) is 17.3 Å². The molecule has 2 heterocycles. The minimum absolute atomic E-state index is 0.192. The molecule has 1 aromatic carbocycles. The van der Waals surface area contributed by atoms with E-state index in [2.05, 4.69) is 15.3 Å². The third kappa shape index (κ3) is 2.91. The van der Waals surface area contributed by atoms with Crippen molar-refractivity contribution >= 4 is 17.3 Å². The lowest BCUT2D eigenvalue weighted by Crippen LogP contribution is -2.16. The van der Waals surface area contributed by atoms with Crippen LogP contribution < -0.4 is 0 Å². The minimum Gasteiger partial charge on any atom is -0.477 e. The summed E-state index contributed by atoms with van der Waals surface area (Å²) in [5, 5.41) is 15.1. The molecule has 11 heteroatoms. The summed E-state index contributed by atoms with van der Waals surface area (Å²) in [6.07, 6.45) is -4.90. The third-order valence-electron chi connectivity index (χ3n) is 3.27. The fourth-order valence-corrected chi connectivity index (χ4v) is 2.19. The van der Waals surface area contributed by atoms with Crippen molar-refractivity contribution in [2.24, 2.45) is 5.18 Å². The molecule has 1 N–H and O–H groups in total. The molecule has 0 aliphatic heterocycles. The van der Waals surface area contributed by atoms with Crippen molar-refractivity contribution in [3.05, 3.63) is 52.4 Å². The molecule has 7 nitrogen and oxygen atoms in total. The Bertz CT molecular complexity index is 1010. The quantitative estimate of drug-likeness (QED) is 0.572. The van der Waals surface area contributed by atoms with Gasteiger partial charge < -0.3 is 5.11 Å². The van der Waals surface area contributed by atoms with Crippen LogP contribution in [0.2, 0.25) is 0 Å². The maximum absolute atomic E-state index is 14.0. The number of carbonyl (C=O) groups is 1. The smallest absolute Gasteiger partial charge is 0.433 e. The summed E-state index contributed by atoms with van der Waals surface area (Å²) in [5.74, 6) is -2.57. The predicted molar refractivity (Wildman–Crippen MR) is 75.8 cm³/mol. The summed E-state index contributed by atoms with van der Waals surface area (Å²) < 4.78 is 53.8. The van der Waals surface area contributed by atoms with E-state index in [9.17, 15) is 27.3 Å². The first-order valence-electron chi connectivity index (χ1n) is 6.55. The van der Waals surface area contributed by atoms with Gasteiger partial charge in [0.2, 0.25) is 0 Å². The molecule has 0 aliphatic carbocycles. The number of aromatic carboxylic acids is 1. The van der Waals surface area contributed by atoms with Gasteiger partial charge in [-0.15, -0.1) is 4.91 Å². The van der Waals surface area contributed by atoms with Crippen LogP contribution >= 0.6 is 0 Å². The van der Waals surface area contributed by atoms with Crippen LogP contribution in [-0.2, 0) is 6.18 Å². The van der Waals surface area contributed by atoms with Crippen molar-refractivity contribution in [1.82, 2.24) is 14.6 Å². The van der Waals surface area contributed by atoms with Gasteiger partial charge in [0, 0.05) is 23.8 Å². The Hall–Kier alpha value is -3.37. The molecule has 0 radical (unpaired) electrons. The number of fused-ring (bicyclic) bond motifs is 1. The van der Waals surface area contributed by atoms with Crippen molar-refractivity contribution in [2.45, 2.75) is 6.18 Å². The van der Waals surface area contributed by atoms with Crippen molar-refractivity contribution in [2.75, 3.05) is 0 Å². The lowest BCUT2D eigenvalue weighted by atomic mass is 10.1. The molecule has 3 rings (SSSR count). The van der Waals surface area contributed by atoms with Crippen molar-refractivity contribution in [3.8, 4) is 11.3 Å². The summed E-state index contributed by atoms with van der Waals surface area (Å²) in [5.41, 5.74) is -3.22. The van der Waals surface area contributed by atoms with Gasteiger partial charge in [0.15, 0.2) is 17.0 Å². The van der Waals surface area contributed by atoms with Crippen molar-refractivity contribution in [3.63, 3.8) is 0 Å². The zero-order valence-corrected chi connectivity index (χ0v) is 12.0. The largest absolute Gasteiger partial charge is 0.477 e. The van der Waals surface area contributed by atoms with Crippen LogP contribution in [-0.4, -0.2) is 25.7 Å². The number of nitrogens with zero attached hydrogens (tertiary/aromatic N) is 4. The van der Waals surface area contributed by atoms with Gasteiger partial charge in [0.1, 0.15) is 11.5 Å². The van der Waals surface area contributed by atoms with Gasteiger partial charge in [-0.25, -0.2) is 18.7 Å². The summed E-state index contributed by atoms with van der Waals surface area (Å²) in [6, 6.07) is 4.43. The Morgan fingerprint density at radius 2 is 1.92 bits per heavy atom. The van der Waals surface area contributed by atoms with Crippen LogP contribution in [0.5, 0.6) is 0 Å². The highest BCUT2D eigenvalue weighted by molar-refractivity contribution is 5.86.